The van der Waals surface area contributed by atoms with Crippen molar-refractivity contribution < 1.29 is 14.3 Å². The summed E-state index contributed by atoms with van der Waals surface area (Å²) in [5, 5.41) is 1.20. The Labute approximate surface area is 152 Å². The molecule has 0 spiro atoms. The topological polar surface area (TPSA) is 40.5 Å². The number of ketones is 1. The number of fused-ring (bicyclic) bond motifs is 2. The third-order valence-corrected chi connectivity index (χ3v) is 5.06. The smallest absolute Gasteiger partial charge is 0.189 e. The number of rotatable bonds is 3. The highest BCUT2D eigenvalue weighted by Gasteiger charge is 2.24. The van der Waals surface area contributed by atoms with Crippen LogP contribution < -0.4 is 9.47 Å². The zero-order valence-corrected chi connectivity index (χ0v) is 15.2. The first kappa shape index (κ1) is 16.5. The predicted molar refractivity (Wildman–Crippen MR) is 103 cm³/mol. The fourth-order valence-electron chi connectivity index (χ4n) is 3.60. The molecule has 0 radical (unpaired) electrons. The molecular formula is C22H21NO3. The summed E-state index contributed by atoms with van der Waals surface area (Å²) < 4.78 is 12.8. The minimum atomic E-state index is 0.0687. The van der Waals surface area contributed by atoms with E-state index in [1.54, 1.807) is 20.3 Å². The molecule has 0 N–H and O–H groups in total. The summed E-state index contributed by atoms with van der Waals surface area (Å²) in [5.41, 5.74) is 4.77. The van der Waals surface area contributed by atoms with E-state index in [1.165, 1.54) is 5.39 Å². The summed E-state index contributed by atoms with van der Waals surface area (Å²) >= 11 is 0. The van der Waals surface area contributed by atoms with E-state index >= 15 is 0 Å². The molecule has 1 aliphatic rings. The molecule has 1 aromatic heterocycles. The zero-order valence-electron chi connectivity index (χ0n) is 15.2. The van der Waals surface area contributed by atoms with Gasteiger partial charge in [0.1, 0.15) is 0 Å². The Hall–Kier alpha value is -3.01. The third kappa shape index (κ3) is 2.68. The lowest BCUT2D eigenvalue weighted by Gasteiger charge is -2.20. The van der Waals surface area contributed by atoms with Crippen molar-refractivity contribution in [2.24, 2.45) is 7.05 Å². The molecule has 0 amide bonds. The molecule has 1 aliphatic carbocycles. The van der Waals surface area contributed by atoms with Gasteiger partial charge in [0, 0.05) is 29.9 Å². The van der Waals surface area contributed by atoms with E-state index in [9.17, 15) is 4.79 Å². The van der Waals surface area contributed by atoms with Gasteiger partial charge in [0.05, 0.1) is 14.2 Å². The van der Waals surface area contributed by atoms with Crippen LogP contribution in [0.2, 0.25) is 0 Å². The number of hydrogen-bond acceptors (Lipinski definition) is 3. The third-order valence-electron chi connectivity index (χ3n) is 5.06. The van der Waals surface area contributed by atoms with E-state index in [0.717, 1.165) is 35.1 Å². The molecule has 4 heteroatoms. The Balaban J connectivity index is 1.73. The summed E-state index contributed by atoms with van der Waals surface area (Å²) in [7, 11) is 5.23. The van der Waals surface area contributed by atoms with Crippen LogP contribution in [-0.4, -0.2) is 24.6 Å². The quantitative estimate of drug-likeness (QED) is 0.659. The first-order valence-corrected chi connectivity index (χ1v) is 8.66. The van der Waals surface area contributed by atoms with Gasteiger partial charge in [-0.15, -0.1) is 0 Å². The van der Waals surface area contributed by atoms with Crippen LogP contribution in [0, 0.1) is 0 Å². The van der Waals surface area contributed by atoms with Crippen molar-refractivity contribution in [3.05, 3.63) is 64.9 Å². The highest BCUT2D eigenvalue weighted by molar-refractivity contribution is 6.13. The molecule has 3 aromatic rings. The van der Waals surface area contributed by atoms with Crippen molar-refractivity contribution in [1.29, 1.82) is 0 Å². The maximum Gasteiger partial charge on any atom is 0.189 e. The van der Waals surface area contributed by atoms with Crippen LogP contribution in [0.4, 0.5) is 0 Å². The highest BCUT2D eigenvalue weighted by atomic mass is 16.5. The molecule has 0 aliphatic heterocycles. The number of ether oxygens (including phenoxy) is 2. The Morgan fingerprint density at radius 1 is 1.00 bits per heavy atom. The molecule has 0 saturated carbocycles. The minimum absolute atomic E-state index is 0.0687. The van der Waals surface area contributed by atoms with Gasteiger partial charge in [-0.2, -0.15) is 0 Å². The summed E-state index contributed by atoms with van der Waals surface area (Å²) in [4.78, 5) is 13.0. The SMILES string of the molecule is COc1cc2c(cc1OC)C(=O)/C(=C/c1ccc3ccn(C)c3c1)CC2. The molecule has 132 valence electrons. The van der Waals surface area contributed by atoms with E-state index < -0.39 is 0 Å². The van der Waals surface area contributed by atoms with Gasteiger partial charge in [-0.25, -0.2) is 0 Å². The summed E-state index contributed by atoms with van der Waals surface area (Å²) in [6.07, 6.45) is 5.60. The standard InChI is InChI=1S/C22H21NO3/c1-23-9-8-15-5-4-14(11-19(15)23)10-17-7-6-16-12-20(25-2)21(26-3)13-18(16)22(17)24/h4-5,8-13H,6-7H2,1-3H3/b17-10+. The maximum atomic E-state index is 13.0. The fourth-order valence-corrected chi connectivity index (χ4v) is 3.60. The molecule has 4 nitrogen and oxygen atoms in total. The Morgan fingerprint density at radius 2 is 1.77 bits per heavy atom. The lowest BCUT2D eigenvalue weighted by Crippen LogP contribution is -2.14. The van der Waals surface area contributed by atoms with Crippen LogP contribution >= 0.6 is 0 Å². The number of Topliss-reactive ketones (excluding diaryl/α,β-unsaturated/α-hetero) is 1. The lowest BCUT2D eigenvalue weighted by atomic mass is 9.85. The van der Waals surface area contributed by atoms with Crippen LogP contribution in [0.15, 0.2) is 48.2 Å². The molecule has 4 rings (SSSR count). The van der Waals surface area contributed by atoms with E-state index in [1.807, 2.05) is 25.4 Å². The lowest BCUT2D eigenvalue weighted by molar-refractivity contribution is 0.102. The van der Waals surface area contributed by atoms with Gasteiger partial charge in [-0.05, 0) is 59.7 Å². The number of carbonyl (C=O) groups excluding carboxylic acids is 1. The van der Waals surface area contributed by atoms with Gasteiger partial charge in [-0.3, -0.25) is 4.79 Å². The normalized spacial score (nSPS) is 15.3. The largest absolute Gasteiger partial charge is 0.493 e. The molecule has 26 heavy (non-hydrogen) atoms. The number of methoxy groups -OCH3 is 2. The van der Waals surface area contributed by atoms with Crippen molar-refractivity contribution in [2.45, 2.75) is 12.8 Å². The minimum Gasteiger partial charge on any atom is -0.493 e. The Morgan fingerprint density at radius 3 is 2.54 bits per heavy atom. The molecule has 0 fully saturated rings. The number of carbonyl (C=O) groups is 1. The molecule has 0 bridgehead atoms. The first-order chi connectivity index (χ1) is 12.6. The monoisotopic (exact) mass is 347 g/mol. The average molecular weight is 347 g/mol. The second kappa shape index (κ2) is 6.37. The van der Waals surface area contributed by atoms with Gasteiger partial charge >= 0.3 is 0 Å². The van der Waals surface area contributed by atoms with Crippen LogP contribution in [0.25, 0.3) is 17.0 Å². The zero-order chi connectivity index (χ0) is 18.3. The van der Waals surface area contributed by atoms with Gasteiger partial charge < -0.3 is 14.0 Å². The van der Waals surface area contributed by atoms with E-state index in [4.69, 9.17) is 9.47 Å². The predicted octanol–water partition coefficient (Wildman–Crippen LogP) is 4.41. The summed E-state index contributed by atoms with van der Waals surface area (Å²) in [6, 6.07) is 12.1. The maximum absolute atomic E-state index is 13.0. The summed E-state index contributed by atoms with van der Waals surface area (Å²) in [6.45, 7) is 0. The van der Waals surface area contributed by atoms with Crippen LogP contribution in [0.1, 0.15) is 27.9 Å². The van der Waals surface area contributed by atoms with E-state index in [2.05, 4.69) is 28.8 Å². The van der Waals surface area contributed by atoms with Crippen molar-refractivity contribution >= 4 is 22.8 Å². The van der Waals surface area contributed by atoms with Gasteiger partial charge in [-0.1, -0.05) is 12.1 Å². The fraction of sp³-hybridized carbons (Fsp3) is 0.227. The number of benzene rings is 2. The highest BCUT2D eigenvalue weighted by Crippen LogP contribution is 2.36. The molecule has 1 heterocycles. The number of hydrogen-bond donors (Lipinski definition) is 0. The Kier molecular flexibility index (Phi) is 4.03. The van der Waals surface area contributed by atoms with E-state index in [0.29, 0.717) is 17.1 Å². The molecule has 0 saturated heterocycles. The number of nitrogens with zero attached hydrogens (tertiary/aromatic N) is 1. The number of aromatic nitrogens is 1. The van der Waals surface area contributed by atoms with Crippen molar-refractivity contribution in [2.75, 3.05) is 14.2 Å². The van der Waals surface area contributed by atoms with Crippen LogP contribution in [0.3, 0.4) is 0 Å². The summed E-state index contributed by atoms with van der Waals surface area (Å²) in [5.74, 6) is 1.32. The molecule has 0 atom stereocenters. The second-order valence-corrected chi connectivity index (χ2v) is 6.61. The average Bonchev–Trinajstić information content (AvgIpc) is 3.03. The Bertz CT molecular complexity index is 1040. The number of aryl methyl sites for hydroxylation is 2. The number of allylic oxidation sites excluding steroid dienone is 1. The van der Waals surface area contributed by atoms with Crippen molar-refractivity contribution in [3.63, 3.8) is 0 Å². The van der Waals surface area contributed by atoms with Crippen molar-refractivity contribution in [3.8, 4) is 11.5 Å². The van der Waals surface area contributed by atoms with Crippen molar-refractivity contribution in [1.82, 2.24) is 4.57 Å². The van der Waals surface area contributed by atoms with Crippen LogP contribution in [-0.2, 0) is 13.5 Å². The molecule has 2 aromatic carbocycles. The van der Waals surface area contributed by atoms with Gasteiger partial charge in [0.2, 0.25) is 0 Å². The first-order valence-electron chi connectivity index (χ1n) is 8.66. The molecule has 0 unspecified atom stereocenters. The second-order valence-electron chi connectivity index (χ2n) is 6.61. The van der Waals surface area contributed by atoms with Crippen LogP contribution in [0.5, 0.6) is 11.5 Å². The van der Waals surface area contributed by atoms with E-state index in [-0.39, 0.29) is 5.78 Å². The van der Waals surface area contributed by atoms with Gasteiger partial charge in [0.15, 0.2) is 17.3 Å². The molecular weight excluding hydrogens is 326 g/mol. The van der Waals surface area contributed by atoms with Gasteiger partial charge in [0.25, 0.3) is 0 Å².